The molecular weight excluding hydrogens is 174 g/mol. The number of hydrogen-bond acceptors (Lipinski definition) is 3. The molecule has 2 rings (SSSR count). The molecule has 2 N–H and O–H groups in total. The maximum absolute atomic E-state index is 3.27. The summed E-state index contributed by atoms with van der Waals surface area (Å²) in [4.78, 5) is 2.53. The van der Waals surface area contributed by atoms with Crippen molar-refractivity contribution in [3.05, 3.63) is 12.4 Å². The fourth-order valence-corrected chi connectivity index (χ4v) is 1.88. The molecule has 82 valence electrons. The van der Waals surface area contributed by atoms with E-state index in [0.717, 1.165) is 6.54 Å². The lowest BCUT2D eigenvalue weighted by atomic mass is 10.1. The van der Waals surface area contributed by atoms with E-state index in [2.05, 4.69) is 15.5 Å². The highest BCUT2D eigenvalue weighted by Crippen LogP contribution is 2.08. The summed E-state index contributed by atoms with van der Waals surface area (Å²) in [6.07, 6.45) is 8.58. The highest BCUT2D eigenvalue weighted by molar-refractivity contribution is 4.92. The number of rotatable bonds is 2. The molecule has 0 saturated carbocycles. The second-order valence-electron chi connectivity index (χ2n) is 3.58. The van der Waals surface area contributed by atoms with Gasteiger partial charge in [0.05, 0.1) is 0 Å². The van der Waals surface area contributed by atoms with Gasteiger partial charge < -0.3 is 10.6 Å². The molecule has 0 atom stereocenters. The molecule has 3 heteroatoms. The van der Waals surface area contributed by atoms with Gasteiger partial charge in [-0.3, -0.25) is 4.90 Å². The van der Waals surface area contributed by atoms with Crippen LogP contribution in [0.25, 0.3) is 0 Å². The Morgan fingerprint density at radius 1 is 1.07 bits per heavy atom. The zero-order valence-electron chi connectivity index (χ0n) is 9.42. The Hall–Kier alpha value is -0.700. The first-order valence-corrected chi connectivity index (χ1v) is 5.84. The van der Waals surface area contributed by atoms with E-state index < -0.39 is 0 Å². The van der Waals surface area contributed by atoms with Crippen molar-refractivity contribution in [1.29, 1.82) is 0 Å². The molecule has 2 heterocycles. The smallest absolute Gasteiger partial charge is 0.109 e. The second kappa shape index (κ2) is 6.71. The largest absolute Gasteiger partial charge is 0.369 e. The summed E-state index contributed by atoms with van der Waals surface area (Å²) in [5.74, 6) is 0. The van der Waals surface area contributed by atoms with Crippen LogP contribution < -0.4 is 10.6 Å². The summed E-state index contributed by atoms with van der Waals surface area (Å²) < 4.78 is 0. The molecule has 2 aliphatic heterocycles. The normalized spacial score (nSPS) is 22.1. The van der Waals surface area contributed by atoms with Gasteiger partial charge in [0, 0.05) is 18.9 Å². The quantitative estimate of drug-likeness (QED) is 0.702. The molecule has 0 aliphatic carbocycles. The van der Waals surface area contributed by atoms with Crippen LogP contribution >= 0.6 is 0 Å². The van der Waals surface area contributed by atoms with Gasteiger partial charge in [0.25, 0.3) is 0 Å². The summed E-state index contributed by atoms with van der Waals surface area (Å²) in [5, 5.41) is 6.54. The fraction of sp³-hybridized carbons (Fsp3) is 0.818. The summed E-state index contributed by atoms with van der Waals surface area (Å²) in [5.41, 5.74) is 0. The van der Waals surface area contributed by atoms with Crippen LogP contribution in [0, 0.1) is 0 Å². The molecule has 0 bridgehead atoms. The van der Waals surface area contributed by atoms with Crippen molar-refractivity contribution in [3.8, 4) is 0 Å². The minimum absolute atomic E-state index is 0.447. The summed E-state index contributed by atoms with van der Waals surface area (Å²) in [6.45, 7) is 7.69. The Morgan fingerprint density at radius 3 is 2.21 bits per heavy atom. The van der Waals surface area contributed by atoms with Crippen LogP contribution in [0.15, 0.2) is 12.4 Å². The summed E-state index contributed by atoms with van der Waals surface area (Å²) >= 11 is 0. The van der Waals surface area contributed by atoms with Gasteiger partial charge in [-0.15, -0.1) is 0 Å². The topological polar surface area (TPSA) is 27.3 Å². The van der Waals surface area contributed by atoms with Crippen LogP contribution in [0.5, 0.6) is 0 Å². The van der Waals surface area contributed by atoms with Crippen molar-refractivity contribution in [2.24, 2.45) is 0 Å². The zero-order chi connectivity index (χ0) is 10.2. The molecule has 0 spiro atoms. The third-order valence-electron chi connectivity index (χ3n) is 2.57. The summed E-state index contributed by atoms with van der Waals surface area (Å²) in [7, 11) is 0. The molecule has 0 amide bonds. The van der Waals surface area contributed by atoms with Crippen LogP contribution in [-0.4, -0.2) is 30.7 Å². The number of likely N-dealkylation sites (tertiary alicyclic amines) is 1. The molecule has 0 aromatic carbocycles. The van der Waals surface area contributed by atoms with Crippen molar-refractivity contribution in [3.63, 3.8) is 0 Å². The predicted octanol–water partition coefficient (Wildman–Crippen LogP) is 1.49. The van der Waals surface area contributed by atoms with Gasteiger partial charge in [0.2, 0.25) is 0 Å². The Labute approximate surface area is 87.6 Å². The van der Waals surface area contributed by atoms with Crippen LogP contribution in [0.3, 0.4) is 0 Å². The standard InChI is InChI=1S/C9H17N3.C2H6/c1-2-6-12(7-3-1)8-9-10-4-5-11-9;1-2/h4-5,9-11H,1-3,6-8H2;1-2H3. The van der Waals surface area contributed by atoms with Gasteiger partial charge in [-0.2, -0.15) is 0 Å². The molecule has 0 aromatic heterocycles. The van der Waals surface area contributed by atoms with Crippen molar-refractivity contribution in [2.45, 2.75) is 39.3 Å². The molecular formula is C11H23N3. The second-order valence-corrected chi connectivity index (χ2v) is 3.58. The predicted molar refractivity (Wildman–Crippen MR) is 60.8 cm³/mol. The third-order valence-corrected chi connectivity index (χ3v) is 2.57. The molecule has 0 aromatic rings. The first-order chi connectivity index (χ1) is 6.95. The van der Waals surface area contributed by atoms with Crippen molar-refractivity contribution in [2.75, 3.05) is 19.6 Å². The lowest BCUT2D eigenvalue weighted by Gasteiger charge is -2.29. The lowest BCUT2D eigenvalue weighted by Crippen LogP contribution is -2.44. The maximum atomic E-state index is 3.27. The van der Waals surface area contributed by atoms with Crippen LogP contribution in [0.1, 0.15) is 33.1 Å². The van der Waals surface area contributed by atoms with E-state index in [9.17, 15) is 0 Å². The highest BCUT2D eigenvalue weighted by atomic mass is 15.2. The van der Waals surface area contributed by atoms with Gasteiger partial charge in [-0.25, -0.2) is 0 Å². The Morgan fingerprint density at radius 2 is 1.64 bits per heavy atom. The average molecular weight is 197 g/mol. The molecule has 3 nitrogen and oxygen atoms in total. The van der Waals surface area contributed by atoms with Crippen molar-refractivity contribution >= 4 is 0 Å². The number of hydrogen-bond donors (Lipinski definition) is 2. The van der Waals surface area contributed by atoms with Crippen LogP contribution in [0.2, 0.25) is 0 Å². The molecule has 1 fully saturated rings. The van der Waals surface area contributed by atoms with Gasteiger partial charge in [-0.05, 0) is 25.9 Å². The van der Waals surface area contributed by atoms with Crippen molar-refractivity contribution in [1.82, 2.24) is 15.5 Å². The van der Waals surface area contributed by atoms with E-state index in [1.54, 1.807) is 0 Å². The van der Waals surface area contributed by atoms with Crippen molar-refractivity contribution < 1.29 is 0 Å². The monoisotopic (exact) mass is 197 g/mol. The van der Waals surface area contributed by atoms with E-state index >= 15 is 0 Å². The minimum Gasteiger partial charge on any atom is -0.369 e. The maximum Gasteiger partial charge on any atom is 0.109 e. The first-order valence-electron chi connectivity index (χ1n) is 5.84. The molecule has 1 saturated heterocycles. The first kappa shape index (κ1) is 11.4. The zero-order valence-corrected chi connectivity index (χ0v) is 9.42. The van der Waals surface area contributed by atoms with Crippen LogP contribution in [-0.2, 0) is 0 Å². The Kier molecular flexibility index (Phi) is 5.45. The SMILES string of the molecule is C1=CNC(CN2CCCCC2)N1.CC. The van der Waals surface area contributed by atoms with E-state index in [-0.39, 0.29) is 0 Å². The third kappa shape index (κ3) is 3.58. The highest BCUT2D eigenvalue weighted by Gasteiger charge is 2.15. The molecule has 0 unspecified atom stereocenters. The Bertz CT molecular complexity index is 154. The van der Waals surface area contributed by atoms with E-state index in [0.29, 0.717) is 6.17 Å². The summed E-state index contributed by atoms with van der Waals surface area (Å²) in [6, 6.07) is 0. The minimum atomic E-state index is 0.447. The van der Waals surface area contributed by atoms with E-state index in [4.69, 9.17) is 0 Å². The Balaban J connectivity index is 0.000000461. The average Bonchev–Trinajstić information content (AvgIpc) is 2.75. The molecule has 2 aliphatic rings. The number of nitrogens with one attached hydrogen (secondary N) is 2. The lowest BCUT2D eigenvalue weighted by molar-refractivity contribution is 0.206. The van der Waals surface area contributed by atoms with Crippen LogP contribution in [0.4, 0.5) is 0 Å². The fourth-order valence-electron chi connectivity index (χ4n) is 1.88. The number of piperidine rings is 1. The van der Waals surface area contributed by atoms with Gasteiger partial charge in [-0.1, -0.05) is 20.3 Å². The van der Waals surface area contributed by atoms with E-state index in [1.165, 1.54) is 32.4 Å². The van der Waals surface area contributed by atoms with Gasteiger partial charge in [0.1, 0.15) is 6.17 Å². The molecule has 14 heavy (non-hydrogen) atoms. The molecule has 0 radical (unpaired) electrons. The number of nitrogens with zero attached hydrogens (tertiary/aromatic N) is 1. The van der Waals surface area contributed by atoms with Gasteiger partial charge >= 0.3 is 0 Å². The van der Waals surface area contributed by atoms with Gasteiger partial charge in [0.15, 0.2) is 0 Å². The van der Waals surface area contributed by atoms with E-state index in [1.807, 2.05) is 26.2 Å².